The molecule has 0 amide bonds. The van der Waals surface area contributed by atoms with Crippen LogP contribution >= 0.6 is 0 Å². The lowest BCUT2D eigenvalue weighted by Crippen LogP contribution is -2.41. The summed E-state index contributed by atoms with van der Waals surface area (Å²) in [5, 5.41) is 3.82. The summed E-state index contributed by atoms with van der Waals surface area (Å²) in [4.78, 5) is 0. The van der Waals surface area contributed by atoms with Gasteiger partial charge in [-0.3, -0.25) is 0 Å². The topological polar surface area (TPSA) is 12.0 Å². The molecule has 0 fully saturated rings. The van der Waals surface area contributed by atoms with E-state index < -0.39 is 0 Å². The highest BCUT2D eigenvalue weighted by molar-refractivity contribution is 5.28. The average Bonchev–Trinajstić information content (AvgIpc) is 2.48. The summed E-state index contributed by atoms with van der Waals surface area (Å²) in [6.07, 6.45) is 1.12. The fourth-order valence-corrected chi connectivity index (χ4v) is 2.91. The first kappa shape index (κ1) is 15.8. The van der Waals surface area contributed by atoms with Crippen LogP contribution in [0.1, 0.15) is 57.2 Å². The minimum Gasteiger partial charge on any atom is -0.305 e. The molecule has 21 heavy (non-hydrogen) atoms. The van der Waals surface area contributed by atoms with Crippen LogP contribution < -0.4 is 5.32 Å². The number of hydrogen-bond donors (Lipinski definition) is 1. The monoisotopic (exact) mass is 281 g/mol. The molecule has 0 heterocycles. The molecule has 0 spiro atoms. The van der Waals surface area contributed by atoms with E-state index in [0.717, 1.165) is 6.42 Å². The van der Waals surface area contributed by atoms with Crippen LogP contribution in [0.4, 0.5) is 0 Å². The molecule has 0 aliphatic rings. The predicted octanol–water partition coefficient (Wildman–Crippen LogP) is 5.31. The Labute approximate surface area is 129 Å². The molecule has 0 radical (unpaired) electrons. The van der Waals surface area contributed by atoms with Crippen molar-refractivity contribution in [3.05, 3.63) is 71.8 Å². The van der Waals surface area contributed by atoms with E-state index in [0.29, 0.717) is 12.0 Å². The average molecular weight is 281 g/mol. The molecule has 0 saturated carbocycles. The van der Waals surface area contributed by atoms with E-state index in [-0.39, 0.29) is 5.54 Å². The van der Waals surface area contributed by atoms with E-state index in [1.807, 2.05) is 0 Å². The molecule has 2 aromatic carbocycles. The first-order valence-electron chi connectivity index (χ1n) is 7.89. The summed E-state index contributed by atoms with van der Waals surface area (Å²) in [5.74, 6) is 0.479. The molecule has 0 saturated heterocycles. The second-order valence-corrected chi connectivity index (χ2v) is 6.71. The maximum absolute atomic E-state index is 3.82. The van der Waals surface area contributed by atoms with Crippen LogP contribution in [0.3, 0.4) is 0 Å². The van der Waals surface area contributed by atoms with Gasteiger partial charge in [0.05, 0.1) is 0 Å². The van der Waals surface area contributed by atoms with Gasteiger partial charge in [-0.2, -0.15) is 0 Å². The zero-order valence-electron chi connectivity index (χ0n) is 13.6. The Hall–Kier alpha value is -1.60. The lowest BCUT2D eigenvalue weighted by atomic mass is 9.84. The predicted molar refractivity (Wildman–Crippen MR) is 91.5 cm³/mol. The summed E-state index contributed by atoms with van der Waals surface area (Å²) >= 11 is 0. The van der Waals surface area contributed by atoms with Crippen molar-refractivity contribution in [2.24, 2.45) is 0 Å². The van der Waals surface area contributed by atoms with Crippen LogP contribution in [-0.2, 0) is 0 Å². The van der Waals surface area contributed by atoms with Gasteiger partial charge in [0.1, 0.15) is 0 Å². The fourth-order valence-electron chi connectivity index (χ4n) is 2.91. The largest absolute Gasteiger partial charge is 0.305 e. The second kappa shape index (κ2) is 6.91. The number of benzene rings is 2. The van der Waals surface area contributed by atoms with Crippen molar-refractivity contribution in [3.63, 3.8) is 0 Å². The lowest BCUT2D eigenvalue weighted by molar-refractivity contribution is 0.323. The Morgan fingerprint density at radius 2 is 1.29 bits per heavy atom. The standard InChI is InChI=1S/C20H27N/c1-5-18(16-12-8-6-9-13-16)19(21-20(2,3)4)17-14-10-7-11-15-17/h6-15,18-19,21H,5H2,1-4H3. The Balaban J connectivity index is 2.38. The molecule has 2 rings (SSSR count). The highest BCUT2D eigenvalue weighted by Gasteiger charge is 2.26. The van der Waals surface area contributed by atoms with Crippen molar-refractivity contribution < 1.29 is 0 Å². The van der Waals surface area contributed by atoms with Crippen LogP contribution in [0.25, 0.3) is 0 Å². The number of nitrogens with one attached hydrogen (secondary N) is 1. The zero-order valence-corrected chi connectivity index (χ0v) is 13.6. The van der Waals surface area contributed by atoms with Crippen molar-refractivity contribution >= 4 is 0 Å². The van der Waals surface area contributed by atoms with Gasteiger partial charge in [0.15, 0.2) is 0 Å². The van der Waals surface area contributed by atoms with Crippen LogP contribution in [0.5, 0.6) is 0 Å². The van der Waals surface area contributed by atoms with Crippen molar-refractivity contribution in [1.29, 1.82) is 0 Å². The normalized spacial score (nSPS) is 14.7. The molecule has 1 heteroatoms. The van der Waals surface area contributed by atoms with Gasteiger partial charge in [0.2, 0.25) is 0 Å². The van der Waals surface area contributed by atoms with Gasteiger partial charge in [-0.25, -0.2) is 0 Å². The summed E-state index contributed by atoms with van der Waals surface area (Å²) in [7, 11) is 0. The van der Waals surface area contributed by atoms with Gasteiger partial charge in [0, 0.05) is 17.5 Å². The lowest BCUT2D eigenvalue weighted by Gasteiger charge is -2.34. The summed E-state index contributed by atoms with van der Waals surface area (Å²) in [6.45, 7) is 8.99. The molecule has 2 aromatic rings. The van der Waals surface area contributed by atoms with Crippen molar-refractivity contribution in [3.8, 4) is 0 Å². The SMILES string of the molecule is CCC(c1ccccc1)C(NC(C)(C)C)c1ccccc1. The van der Waals surface area contributed by atoms with Gasteiger partial charge in [-0.15, -0.1) is 0 Å². The third-order valence-corrected chi connectivity index (χ3v) is 3.82. The summed E-state index contributed by atoms with van der Waals surface area (Å²) in [6, 6.07) is 22.0. The van der Waals surface area contributed by atoms with Crippen molar-refractivity contribution in [1.82, 2.24) is 5.32 Å². The van der Waals surface area contributed by atoms with Gasteiger partial charge < -0.3 is 5.32 Å². The molecule has 1 nitrogen and oxygen atoms in total. The highest BCUT2D eigenvalue weighted by atomic mass is 15.0. The Bertz CT molecular complexity index is 525. The van der Waals surface area contributed by atoms with Gasteiger partial charge in [-0.05, 0) is 38.3 Å². The molecule has 2 atom stereocenters. The molecule has 0 aliphatic heterocycles. The molecule has 112 valence electrons. The van der Waals surface area contributed by atoms with Gasteiger partial charge in [-0.1, -0.05) is 67.6 Å². The minimum absolute atomic E-state index is 0.0860. The molecule has 1 N–H and O–H groups in total. The third-order valence-electron chi connectivity index (χ3n) is 3.82. The van der Waals surface area contributed by atoms with E-state index in [4.69, 9.17) is 0 Å². The summed E-state index contributed by atoms with van der Waals surface area (Å²) < 4.78 is 0. The fraction of sp³-hybridized carbons (Fsp3) is 0.400. The third kappa shape index (κ3) is 4.44. The number of rotatable bonds is 5. The van der Waals surface area contributed by atoms with Gasteiger partial charge >= 0.3 is 0 Å². The molecule has 0 aliphatic carbocycles. The van der Waals surface area contributed by atoms with Crippen molar-refractivity contribution in [2.75, 3.05) is 0 Å². The highest BCUT2D eigenvalue weighted by Crippen LogP contribution is 2.34. The quantitative estimate of drug-likeness (QED) is 0.783. The van der Waals surface area contributed by atoms with E-state index in [1.54, 1.807) is 0 Å². The Morgan fingerprint density at radius 1 is 0.810 bits per heavy atom. The van der Waals surface area contributed by atoms with Gasteiger partial charge in [0.25, 0.3) is 0 Å². The smallest absolute Gasteiger partial charge is 0.0393 e. The minimum atomic E-state index is 0.0860. The van der Waals surface area contributed by atoms with E-state index in [2.05, 4.69) is 93.7 Å². The Morgan fingerprint density at radius 3 is 1.71 bits per heavy atom. The first-order chi connectivity index (χ1) is 10.0. The van der Waals surface area contributed by atoms with E-state index in [9.17, 15) is 0 Å². The molecular weight excluding hydrogens is 254 g/mol. The molecule has 0 aromatic heterocycles. The second-order valence-electron chi connectivity index (χ2n) is 6.71. The maximum atomic E-state index is 3.82. The van der Waals surface area contributed by atoms with Crippen LogP contribution in [-0.4, -0.2) is 5.54 Å². The molecule has 2 unspecified atom stereocenters. The first-order valence-corrected chi connectivity index (χ1v) is 7.89. The zero-order chi connectivity index (χ0) is 15.3. The van der Waals surface area contributed by atoms with E-state index >= 15 is 0 Å². The number of hydrogen-bond acceptors (Lipinski definition) is 1. The van der Waals surface area contributed by atoms with Crippen LogP contribution in [0.2, 0.25) is 0 Å². The van der Waals surface area contributed by atoms with Crippen LogP contribution in [0.15, 0.2) is 60.7 Å². The van der Waals surface area contributed by atoms with Crippen LogP contribution in [0, 0.1) is 0 Å². The van der Waals surface area contributed by atoms with E-state index in [1.165, 1.54) is 11.1 Å². The molecular formula is C20H27N. The Kier molecular flexibility index (Phi) is 5.19. The van der Waals surface area contributed by atoms with Crippen molar-refractivity contribution in [2.45, 2.75) is 51.6 Å². The molecule has 0 bridgehead atoms. The summed E-state index contributed by atoms with van der Waals surface area (Å²) in [5.41, 5.74) is 2.86. The maximum Gasteiger partial charge on any atom is 0.0393 e.